The van der Waals surface area contributed by atoms with Gasteiger partial charge in [-0.1, -0.05) is 24.3 Å². The van der Waals surface area contributed by atoms with Gasteiger partial charge >= 0.3 is 11.8 Å². The van der Waals surface area contributed by atoms with E-state index in [9.17, 15) is 19.7 Å². The molecule has 0 unspecified atom stereocenters. The SMILES string of the molecule is CN(C)c1ccc([C@H](CNC(=O)C(=O)Nc2ccccc2[N+](=O)[O-])N(C)C)cc1. The first kappa shape index (κ1) is 21.8. The molecule has 0 aliphatic carbocycles. The lowest BCUT2D eigenvalue weighted by Gasteiger charge is -2.25. The van der Waals surface area contributed by atoms with Crippen molar-refractivity contribution in [3.05, 3.63) is 64.2 Å². The molecule has 29 heavy (non-hydrogen) atoms. The van der Waals surface area contributed by atoms with Gasteiger partial charge in [-0.2, -0.15) is 0 Å². The van der Waals surface area contributed by atoms with Gasteiger partial charge in [0.1, 0.15) is 5.69 Å². The quantitative estimate of drug-likeness (QED) is 0.419. The van der Waals surface area contributed by atoms with Gasteiger partial charge in [0, 0.05) is 32.4 Å². The van der Waals surface area contributed by atoms with Crippen molar-refractivity contribution in [2.45, 2.75) is 6.04 Å². The lowest BCUT2D eigenvalue weighted by Crippen LogP contribution is -2.40. The van der Waals surface area contributed by atoms with Crippen molar-refractivity contribution in [3.63, 3.8) is 0 Å². The predicted molar refractivity (Wildman–Crippen MR) is 112 cm³/mol. The number of carbonyl (C=O) groups is 2. The number of benzene rings is 2. The van der Waals surface area contributed by atoms with Crippen LogP contribution in [0.3, 0.4) is 0 Å². The third kappa shape index (κ3) is 5.76. The number of carbonyl (C=O) groups excluding carboxylic acids is 2. The summed E-state index contributed by atoms with van der Waals surface area (Å²) in [5, 5.41) is 15.9. The van der Waals surface area contributed by atoms with Crippen LogP contribution in [0, 0.1) is 10.1 Å². The van der Waals surface area contributed by atoms with Crippen LogP contribution in [-0.2, 0) is 9.59 Å². The highest BCUT2D eigenvalue weighted by atomic mass is 16.6. The van der Waals surface area contributed by atoms with E-state index in [2.05, 4.69) is 10.6 Å². The molecule has 2 aromatic rings. The zero-order chi connectivity index (χ0) is 21.6. The Morgan fingerprint density at radius 2 is 1.62 bits per heavy atom. The van der Waals surface area contributed by atoms with Crippen LogP contribution in [-0.4, -0.2) is 56.4 Å². The van der Waals surface area contributed by atoms with Crippen LogP contribution >= 0.6 is 0 Å². The Kier molecular flexibility index (Phi) is 7.27. The molecule has 0 spiro atoms. The fourth-order valence-corrected chi connectivity index (χ4v) is 2.78. The average molecular weight is 399 g/mol. The van der Waals surface area contributed by atoms with Crippen molar-refractivity contribution >= 4 is 28.9 Å². The Morgan fingerprint density at radius 1 is 1.00 bits per heavy atom. The van der Waals surface area contributed by atoms with Crippen molar-refractivity contribution in [2.24, 2.45) is 0 Å². The van der Waals surface area contributed by atoms with Crippen LogP contribution in [0.15, 0.2) is 48.5 Å². The number of amides is 2. The summed E-state index contributed by atoms with van der Waals surface area (Å²) < 4.78 is 0. The van der Waals surface area contributed by atoms with Crippen LogP contribution in [0.4, 0.5) is 17.1 Å². The summed E-state index contributed by atoms with van der Waals surface area (Å²) in [4.78, 5) is 38.7. The van der Waals surface area contributed by atoms with Gasteiger partial charge in [0.05, 0.1) is 11.0 Å². The van der Waals surface area contributed by atoms with Crippen molar-refractivity contribution in [2.75, 3.05) is 45.0 Å². The Labute approximate surface area is 169 Å². The van der Waals surface area contributed by atoms with E-state index in [0.717, 1.165) is 11.3 Å². The fourth-order valence-electron chi connectivity index (χ4n) is 2.78. The number of nitro benzene ring substituents is 1. The number of nitrogens with one attached hydrogen (secondary N) is 2. The van der Waals surface area contributed by atoms with E-state index in [4.69, 9.17) is 0 Å². The lowest BCUT2D eigenvalue weighted by atomic mass is 10.1. The second-order valence-electron chi connectivity index (χ2n) is 6.90. The fraction of sp³-hybridized carbons (Fsp3) is 0.300. The largest absolute Gasteiger partial charge is 0.378 e. The molecule has 0 aromatic heterocycles. The molecule has 0 aliphatic rings. The molecule has 0 bridgehead atoms. The van der Waals surface area contributed by atoms with Crippen molar-refractivity contribution in [1.29, 1.82) is 0 Å². The number of nitrogens with zero attached hydrogens (tertiary/aromatic N) is 3. The molecule has 2 amide bonds. The maximum Gasteiger partial charge on any atom is 0.313 e. The minimum Gasteiger partial charge on any atom is -0.378 e. The van der Waals surface area contributed by atoms with Gasteiger partial charge < -0.3 is 20.4 Å². The van der Waals surface area contributed by atoms with E-state index in [1.165, 1.54) is 18.2 Å². The van der Waals surface area contributed by atoms with Gasteiger partial charge in [-0.15, -0.1) is 0 Å². The molecule has 9 nitrogen and oxygen atoms in total. The minimum atomic E-state index is -0.959. The van der Waals surface area contributed by atoms with Gasteiger partial charge in [0.2, 0.25) is 0 Å². The summed E-state index contributed by atoms with van der Waals surface area (Å²) in [6.07, 6.45) is 0. The second kappa shape index (κ2) is 9.65. The van der Waals surface area contributed by atoms with E-state index in [0.29, 0.717) is 0 Å². The van der Waals surface area contributed by atoms with E-state index < -0.39 is 16.7 Å². The number of hydrogen-bond donors (Lipinski definition) is 2. The van der Waals surface area contributed by atoms with Crippen molar-refractivity contribution in [3.8, 4) is 0 Å². The highest BCUT2D eigenvalue weighted by Crippen LogP contribution is 2.23. The van der Waals surface area contributed by atoms with E-state index in [1.807, 2.05) is 62.3 Å². The van der Waals surface area contributed by atoms with Gasteiger partial charge in [0.25, 0.3) is 5.69 Å². The predicted octanol–water partition coefficient (Wildman–Crippen LogP) is 2.02. The van der Waals surface area contributed by atoms with Crippen LogP contribution in [0.1, 0.15) is 11.6 Å². The number of para-hydroxylation sites is 2. The molecule has 0 heterocycles. The topological polar surface area (TPSA) is 108 Å². The number of likely N-dealkylation sites (N-methyl/N-ethyl adjacent to an activating group) is 1. The Balaban J connectivity index is 2.03. The number of rotatable bonds is 7. The van der Waals surface area contributed by atoms with Gasteiger partial charge in [0.15, 0.2) is 0 Å². The summed E-state index contributed by atoms with van der Waals surface area (Å²) in [6.45, 7) is 0.206. The minimum absolute atomic E-state index is 0.0268. The highest BCUT2D eigenvalue weighted by Gasteiger charge is 2.21. The number of anilines is 2. The molecular formula is C20H25N5O4. The molecule has 2 rings (SSSR count). The van der Waals surface area contributed by atoms with E-state index in [1.54, 1.807) is 6.07 Å². The molecule has 2 N–H and O–H groups in total. The molecule has 9 heteroatoms. The van der Waals surface area contributed by atoms with Crippen LogP contribution in [0.25, 0.3) is 0 Å². The van der Waals surface area contributed by atoms with Gasteiger partial charge in [-0.05, 0) is 37.9 Å². The zero-order valence-corrected chi connectivity index (χ0v) is 16.9. The molecule has 1 atom stereocenters. The molecule has 0 aliphatic heterocycles. The second-order valence-corrected chi connectivity index (χ2v) is 6.90. The van der Waals surface area contributed by atoms with E-state index >= 15 is 0 Å². The molecule has 0 saturated carbocycles. The monoisotopic (exact) mass is 399 g/mol. The molecule has 2 aromatic carbocycles. The number of nitro groups is 1. The first-order chi connectivity index (χ1) is 13.7. The summed E-state index contributed by atoms with van der Waals surface area (Å²) in [6, 6.07) is 13.4. The lowest BCUT2D eigenvalue weighted by molar-refractivity contribution is -0.383. The summed E-state index contributed by atoms with van der Waals surface area (Å²) in [5.74, 6) is -1.82. The Bertz CT molecular complexity index is 881. The first-order valence-electron chi connectivity index (χ1n) is 8.97. The van der Waals surface area contributed by atoms with Gasteiger partial charge in [-0.25, -0.2) is 0 Å². The molecule has 0 fully saturated rings. The highest BCUT2D eigenvalue weighted by molar-refractivity contribution is 6.39. The third-order valence-electron chi connectivity index (χ3n) is 4.43. The smallest absolute Gasteiger partial charge is 0.313 e. The molecular weight excluding hydrogens is 374 g/mol. The average Bonchev–Trinajstić information content (AvgIpc) is 2.68. The Morgan fingerprint density at radius 3 is 2.17 bits per heavy atom. The first-order valence-corrected chi connectivity index (χ1v) is 8.97. The normalized spacial score (nSPS) is 11.6. The summed E-state index contributed by atoms with van der Waals surface area (Å²) in [7, 11) is 7.66. The molecule has 0 radical (unpaired) electrons. The number of hydrogen-bond acceptors (Lipinski definition) is 6. The Hall–Kier alpha value is -3.46. The third-order valence-corrected chi connectivity index (χ3v) is 4.43. The van der Waals surface area contributed by atoms with Crippen LogP contribution < -0.4 is 15.5 Å². The summed E-state index contributed by atoms with van der Waals surface area (Å²) >= 11 is 0. The molecule has 154 valence electrons. The van der Waals surface area contributed by atoms with Gasteiger partial charge in [-0.3, -0.25) is 19.7 Å². The molecule has 0 saturated heterocycles. The van der Waals surface area contributed by atoms with E-state index in [-0.39, 0.29) is 24.0 Å². The standard InChI is InChI=1S/C20H25N5O4/c1-23(2)15-11-9-14(10-12-15)18(24(3)4)13-21-19(26)20(27)22-16-7-5-6-8-17(16)25(28)29/h5-12,18H,13H2,1-4H3,(H,21,26)(H,22,27)/t18-/m0/s1. The van der Waals surface area contributed by atoms with Crippen LogP contribution in [0.5, 0.6) is 0 Å². The maximum atomic E-state index is 12.2. The van der Waals surface area contributed by atoms with Crippen molar-refractivity contribution in [1.82, 2.24) is 10.2 Å². The summed E-state index contributed by atoms with van der Waals surface area (Å²) in [5.41, 5.74) is 1.74. The van der Waals surface area contributed by atoms with Crippen LogP contribution in [0.2, 0.25) is 0 Å². The van der Waals surface area contributed by atoms with Crippen molar-refractivity contribution < 1.29 is 14.5 Å². The zero-order valence-electron chi connectivity index (χ0n) is 16.9. The maximum absolute atomic E-state index is 12.2.